The zero-order valence-corrected chi connectivity index (χ0v) is 14.3. The molecule has 2 aliphatic heterocycles. The number of fused-ring (bicyclic) bond motifs is 1. The summed E-state index contributed by atoms with van der Waals surface area (Å²) >= 11 is 0. The van der Waals surface area contributed by atoms with Crippen LogP contribution in [0.5, 0.6) is 0 Å². The normalized spacial score (nSPS) is 19.1. The Hall–Kier alpha value is -1.85. The van der Waals surface area contributed by atoms with Crippen molar-refractivity contribution < 1.29 is 4.79 Å². The molecule has 1 aromatic rings. The van der Waals surface area contributed by atoms with Crippen LogP contribution in [0.25, 0.3) is 0 Å². The second kappa shape index (κ2) is 6.34. The number of carbonyl (C=O) groups excluding carboxylic acids is 1. The number of nitrogens with one attached hydrogen (secondary N) is 1. The number of anilines is 1. The number of rotatable bonds is 2. The van der Waals surface area contributed by atoms with Gasteiger partial charge in [-0.15, -0.1) is 0 Å². The Labute approximate surface area is 136 Å². The molecule has 6 heteroatoms. The van der Waals surface area contributed by atoms with Crippen molar-refractivity contribution in [2.45, 2.75) is 46.6 Å². The minimum atomic E-state index is -0.0414. The van der Waals surface area contributed by atoms with Crippen LogP contribution in [0.4, 0.5) is 5.95 Å². The van der Waals surface area contributed by atoms with Gasteiger partial charge in [-0.1, -0.05) is 20.8 Å². The van der Waals surface area contributed by atoms with Crippen molar-refractivity contribution in [3.63, 3.8) is 0 Å². The lowest BCUT2D eigenvalue weighted by Gasteiger charge is -2.33. The fraction of sp³-hybridized carbons (Fsp3) is 0.706. The maximum absolute atomic E-state index is 12.4. The van der Waals surface area contributed by atoms with Gasteiger partial charge in [-0.25, -0.2) is 4.98 Å². The van der Waals surface area contributed by atoms with E-state index in [0.29, 0.717) is 25.5 Å². The van der Waals surface area contributed by atoms with E-state index in [1.54, 1.807) is 0 Å². The molecule has 0 aromatic carbocycles. The molecule has 1 fully saturated rings. The van der Waals surface area contributed by atoms with Crippen LogP contribution in [-0.4, -0.2) is 40.4 Å². The molecule has 3 heterocycles. The van der Waals surface area contributed by atoms with Gasteiger partial charge in [0.2, 0.25) is 11.9 Å². The summed E-state index contributed by atoms with van der Waals surface area (Å²) in [5.41, 5.74) is 1.47. The molecule has 0 spiro atoms. The Morgan fingerprint density at radius 2 is 1.96 bits per heavy atom. The van der Waals surface area contributed by atoms with Crippen LogP contribution in [-0.2, 0) is 17.8 Å². The molecule has 6 nitrogen and oxygen atoms in total. The van der Waals surface area contributed by atoms with Gasteiger partial charge in [0.05, 0.1) is 12.2 Å². The highest BCUT2D eigenvalue weighted by molar-refractivity contribution is 5.78. The van der Waals surface area contributed by atoms with Gasteiger partial charge in [0.25, 0.3) is 5.56 Å². The average Bonchev–Trinajstić information content (AvgIpc) is 2.54. The molecule has 0 atom stereocenters. The number of hydrogen-bond acceptors (Lipinski definition) is 4. The van der Waals surface area contributed by atoms with E-state index in [0.717, 1.165) is 43.1 Å². The van der Waals surface area contributed by atoms with E-state index in [1.807, 2.05) is 18.7 Å². The summed E-state index contributed by atoms with van der Waals surface area (Å²) in [5, 5.41) is 0. The lowest BCUT2D eigenvalue weighted by atomic mass is 9.99. The minimum Gasteiger partial charge on any atom is -0.342 e. The Kier molecular flexibility index (Phi) is 4.41. The molecule has 2 aliphatic rings. The molecule has 1 saturated heterocycles. The summed E-state index contributed by atoms with van der Waals surface area (Å²) in [4.78, 5) is 36.2. The van der Waals surface area contributed by atoms with E-state index in [4.69, 9.17) is 4.98 Å². The molecular formula is C17H26N4O2. The summed E-state index contributed by atoms with van der Waals surface area (Å²) in [6.07, 6.45) is 2.84. The SMILES string of the molecule is CC1CCN(c2nc3c(c(=O)[nH]2)CCN(C(=O)C(C)C)C3)CC1. The van der Waals surface area contributed by atoms with Crippen LogP contribution < -0.4 is 10.5 Å². The Balaban J connectivity index is 1.84. The average molecular weight is 318 g/mol. The molecule has 1 aromatic heterocycles. The topological polar surface area (TPSA) is 69.3 Å². The summed E-state index contributed by atoms with van der Waals surface area (Å²) in [7, 11) is 0. The van der Waals surface area contributed by atoms with Crippen molar-refractivity contribution in [2.24, 2.45) is 11.8 Å². The van der Waals surface area contributed by atoms with Gasteiger partial charge in [-0.3, -0.25) is 14.6 Å². The Morgan fingerprint density at radius 1 is 1.26 bits per heavy atom. The maximum Gasteiger partial charge on any atom is 0.255 e. The van der Waals surface area contributed by atoms with E-state index < -0.39 is 0 Å². The van der Waals surface area contributed by atoms with Crippen molar-refractivity contribution in [2.75, 3.05) is 24.5 Å². The lowest BCUT2D eigenvalue weighted by molar-refractivity contribution is -0.135. The second-order valence-electron chi connectivity index (χ2n) is 7.15. The second-order valence-corrected chi connectivity index (χ2v) is 7.15. The first kappa shape index (κ1) is 16.0. The zero-order chi connectivity index (χ0) is 16.6. The highest BCUT2D eigenvalue weighted by atomic mass is 16.2. The predicted molar refractivity (Wildman–Crippen MR) is 89.4 cm³/mol. The fourth-order valence-corrected chi connectivity index (χ4v) is 3.35. The number of H-pyrrole nitrogens is 1. The van der Waals surface area contributed by atoms with Crippen LogP contribution >= 0.6 is 0 Å². The number of nitrogens with zero attached hydrogens (tertiary/aromatic N) is 3. The lowest BCUT2D eigenvalue weighted by Crippen LogP contribution is -2.42. The third-order valence-corrected chi connectivity index (χ3v) is 4.95. The molecule has 0 saturated carbocycles. The first-order chi connectivity index (χ1) is 11.0. The molecule has 23 heavy (non-hydrogen) atoms. The van der Waals surface area contributed by atoms with E-state index in [2.05, 4.69) is 16.8 Å². The van der Waals surface area contributed by atoms with Crippen molar-refractivity contribution in [3.8, 4) is 0 Å². The first-order valence-corrected chi connectivity index (χ1v) is 8.61. The number of hydrogen-bond donors (Lipinski definition) is 1. The summed E-state index contributed by atoms with van der Waals surface area (Å²) in [5.74, 6) is 1.50. The molecule has 0 aliphatic carbocycles. The van der Waals surface area contributed by atoms with Gasteiger partial charge >= 0.3 is 0 Å². The van der Waals surface area contributed by atoms with Crippen LogP contribution in [0.1, 0.15) is 44.9 Å². The quantitative estimate of drug-likeness (QED) is 0.898. The van der Waals surface area contributed by atoms with Crippen LogP contribution in [0.15, 0.2) is 4.79 Å². The molecule has 3 rings (SSSR count). The standard InChI is InChI=1S/C17H26N4O2/c1-11(2)16(23)21-9-6-13-14(10-21)18-17(19-15(13)22)20-7-4-12(3)5-8-20/h11-12H,4-10H2,1-3H3,(H,18,19,22). The van der Waals surface area contributed by atoms with Crippen LogP contribution in [0.2, 0.25) is 0 Å². The van der Waals surface area contributed by atoms with E-state index in [-0.39, 0.29) is 17.4 Å². The van der Waals surface area contributed by atoms with Crippen LogP contribution in [0, 0.1) is 11.8 Å². The van der Waals surface area contributed by atoms with E-state index in [9.17, 15) is 9.59 Å². The minimum absolute atomic E-state index is 0.0263. The molecule has 126 valence electrons. The first-order valence-electron chi connectivity index (χ1n) is 8.61. The summed E-state index contributed by atoms with van der Waals surface area (Å²) < 4.78 is 0. The Bertz CT molecular complexity index is 644. The number of aromatic amines is 1. The monoisotopic (exact) mass is 318 g/mol. The molecule has 0 unspecified atom stereocenters. The fourth-order valence-electron chi connectivity index (χ4n) is 3.35. The zero-order valence-electron chi connectivity index (χ0n) is 14.3. The predicted octanol–water partition coefficient (Wildman–Crippen LogP) is 1.55. The number of amides is 1. The number of aromatic nitrogens is 2. The highest BCUT2D eigenvalue weighted by Gasteiger charge is 2.27. The van der Waals surface area contributed by atoms with Gasteiger partial charge in [0.1, 0.15) is 0 Å². The highest BCUT2D eigenvalue weighted by Crippen LogP contribution is 2.22. The third-order valence-electron chi connectivity index (χ3n) is 4.95. The molecule has 0 bridgehead atoms. The van der Waals surface area contributed by atoms with Crippen molar-refractivity contribution in [3.05, 3.63) is 21.6 Å². The Morgan fingerprint density at radius 3 is 2.61 bits per heavy atom. The van der Waals surface area contributed by atoms with Gasteiger partial charge in [0, 0.05) is 31.1 Å². The van der Waals surface area contributed by atoms with Gasteiger partial charge in [0.15, 0.2) is 0 Å². The van der Waals surface area contributed by atoms with Crippen molar-refractivity contribution >= 4 is 11.9 Å². The largest absolute Gasteiger partial charge is 0.342 e. The van der Waals surface area contributed by atoms with Crippen molar-refractivity contribution in [1.82, 2.24) is 14.9 Å². The van der Waals surface area contributed by atoms with Gasteiger partial charge < -0.3 is 9.80 Å². The molecule has 0 radical (unpaired) electrons. The number of piperidine rings is 1. The van der Waals surface area contributed by atoms with E-state index in [1.165, 1.54) is 0 Å². The van der Waals surface area contributed by atoms with Crippen LogP contribution in [0.3, 0.4) is 0 Å². The molecule has 1 N–H and O–H groups in total. The van der Waals surface area contributed by atoms with E-state index >= 15 is 0 Å². The summed E-state index contributed by atoms with van der Waals surface area (Å²) in [6.45, 7) is 8.99. The third kappa shape index (κ3) is 3.26. The van der Waals surface area contributed by atoms with Gasteiger partial charge in [-0.05, 0) is 25.2 Å². The van der Waals surface area contributed by atoms with Crippen molar-refractivity contribution in [1.29, 1.82) is 0 Å². The number of carbonyl (C=O) groups is 1. The summed E-state index contributed by atoms with van der Waals surface area (Å²) in [6, 6.07) is 0. The smallest absolute Gasteiger partial charge is 0.255 e. The maximum atomic E-state index is 12.4. The van der Waals surface area contributed by atoms with Gasteiger partial charge in [-0.2, -0.15) is 0 Å². The molecular weight excluding hydrogens is 292 g/mol. The molecule has 1 amide bonds.